The standard InChI is InChI=1S/C22H36N2O3.ClH/c1-21-7-5-15(24-27-10-9-23)12-19(21)14(13-25)11-16-17-3-4-20(26)22(17,2)8-6-18(16)21;/h14,16-19,25H,3-13,23H2,1-2H3;1H/b24-15-;/t14-,16+,17+,18+,19?,21-,22+;/m1./s1. The summed E-state index contributed by atoms with van der Waals surface area (Å²) < 4.78 is 0. The summed E-state index contributed by atoms with van der Waals surface area (Å²) in [7, 11) is 0. The van der Waals surface area contributed by atoms with Crippen LogP contribution in [0.3, 0.4) is 0 Å². The van der Waals surface area contributed by atoms with E-state index in [1.165, 1.54) is 6.42 Å². The van der Waals surface area contributed by atoms with E-state index in [0.29, 0.717) is 48.5 Å². The molecule has 4 rings (SSSR count). The summed E-state index contributed by atoms with van der Waals surface area (Å²) in [5.41, 5.74) is 6.79. The van der Waals surface area contributed by atoms with E-state index in [4.69, 9.17) is 10.6 Å². The first-order valence-electron chi connectivity index (χ1n) is 11.0. The van der Waals surface area contributed by atoms with Gasteiger partial charge in [-0.1, -0.05) is 19.0 Å². The normalized spacial score (nSPS) is 46.4. The highest BCUT2D eigenvalue weighted by Gasteiger charge is 2.61. The maximum atomic E-state index is 12.6. The SMILES string of the molecule is C[C@]12CC/C(=N/OCCN)CC1[C@@H](CO)C[C@@H]1[C@@H]2CC[C@]2(C)C(=O)CC[C@@H]12.Cl. The van der Waals surface area contributed by atoms with Crippen molar-refractivity contribution in [3.05, 3.63) is 0 Å². The summed E-state index contributed by atoms with van der Waals surface area (Å²) in [6.45, 7) is 5.89. The molecule has 4 saturated carbocycles. The van der Waals surface area contributed by atoms with E-state index in [-0.39, 0.29) is 29.8 Å². The lowest BCUT2D eigenvalue weighted by molar-refractivity contribution is -0.145. The fraction of sp³-hybridized carbons (Fsp3) is 0.909. The molecule has 0 bridgehead atoms. The number of rotatable bonds is 4. The number of fused-ring (bicyclic) bond motifs is 5. The van der Waals surface area contributed by atoms with Gasteiger partial charge in [-0.2, -0.15) is 0 Å². The lowest BCUT2D eigenvalue weighted by atomic mass is 9.43. The van der Waals surface area contributed by atoms with E-state index in [1.54, 1.807) is 0 Å². The van der Waals surface area contributed by atoms with Crippen molar-refractivity contribution in [1.29, 1.82) is 0 Å². The van der Waals surface area contributed by atoms with Gasteiger partial charge in [-0.05, 0) is 80.0 Å². The van der Waals surface area contributed by atoms with Crippen molar-refractivity contribution < 1.29 is 14.7 Å². The van der Waals surface area contributed by atoms with Crippen LogP contribution in [0, 0.1) is 40.4 Å². The Morgan fingerprint density at radius 2 is 1.96 bits per heavy atom. The minimum atomic E-state index is -0.0955. The van der Waals surface area contributed by atoms with Crippen molar-refractivity contribution in [2.75, 3.05) is 19.8 Å². The van der Waals surface area contributed by atoms with E-state index in [2.05, 4.69) is 19.0 Å². The Labute approximate surface area is 175 Å². The molecule has 0 spiro atoms. The smallest absolute Gasteiger partial charge is 0.139 e. The third kappa shape index (κ3) is 3.31. The number of oxime groups is 1. The predicted octanol–water partition coefficient (Wildman–Crippen LogP) is 3.57. The third-order valence-electron chi connectivity index (χ3n) is 9.03. The van der Waals surface area contributed by atoms with Crippen LogP contribution in [0.1, 0.15) is 65.2 Å². The van der Waals surface area contributed by atoms with E-state index < -0.39 is 0 Å². The Morgan fingerprint density at radius 1 is 1.18 bits per heavy atom. The van der Waals surface area contributed by atoms with Crippen molar-refractivity contribution >= 4 is 23.9 Å². The van der Waals surface area contributed by atoms with Gasteiger partial charge in [-0.15, -0.1) is 12.4 Å². The molecule has 4 aliphatic carbocycles. The highest BCUT2D eigenvalue weighted by atomic mass is 35.5. The van der Waals surface area contributed by atoms with Gasteiger partial charge in [0, 0.05) is 25.0 Å². The number of nitrogens with two attached hydrogens (primary N) is 1. The van der Waals surface area contributed by atoms with Gasteiger partial charge >= 0.3 is 0 Å². The topological polar surface area (TPSA) is 84.9 Å². The molecule has 0 saturated heterocycles. The number of aliphatic hydroxyl groups excluding tert-OH is 1. The number of nitrogens with zero attached hydrogens (tertiary/aromatic N) is 1. The molecule has 4 aliphatic rings. The molecule has 0 heterocycles. The number of aliphatic hydroxyl groups is 1. The fourth-order valence-corrected chi connectivity index (χ4v) is 7.55. The first-order chi connectivity index (χ1) is 12.9. The molecule has 0 aromatic rings. The maximum absolute atomic E-state index is 12.6. The van der Waals surface area contributed by atoms with Crippen LogP contribution < -0.4 is 5.73 Å². The molecule has 0 radical (unpaired) electrons. The van der Waals surface area contributed by atoms with E-state index >= 15 is 0 Å². The Hall–Kier alpha value is -0.650. The van der Waals surface area contributed by atoms with Gasteiger partial charge in [-0.25, -0.2) is 0 Å². The first kappa shape index (κ1) is 22.0. The highest BCUT2D eigenvalue weighted by Crippen LogP contribution is 2.66. The van der Waals surface area contributed by atoms with Gasteiger partial charge in [0.15, 0.2) is 0 Å². The zero-order chi connectivity index (χ0) is 19.2. The van der Waals surface area contributed by atoms with Crippen LogP contribution in [0.5, 0.6) is 0 Å². The summed E-state index contributed by atoms with van der Waals surface area (Å²) >= 11 is 0. The number of carbonyl (C=O) groups excluding carboxylic acids is 1. The van der Waals surface area contributed by atoms with Gasteiger partial charge in [0.25, 0.3) is 0 Å². The van der Waals surface area contributed by atoms with Crippen molar-refractivity contribution in [3.8, 4) is 0 Å². The second kappa shape index (κ2) is 8.23. The number of carbonyl (C=O) groups is 1. The van der Waals surface area contributed by atoms with E-state index in [1.807, 2.05) is 0 Å². The Balaban J connectivity index is 0.00000225. The second-order valence-electron chi connectivity index (χ2n) is 10.1. The highest BCUT2D eigenvalue weighted by molar-refractivity contribution is 5.87. The van der Waals surface area contributed by atoms with Gasteiger partial charge in [0.1, 0.15) is 12.4 Å². The average Bonchev–Trinajstić information content (AvgIpc) is 2.96. The number of halogens is 1. The molecule has 160 valence electrons. The molecule has 7 atom stereocenters. The first-order valence-corrected chi connectivity index (χ1v) is 11.0. The van der Waals surface area contributed by atoms with Gasteiger partial charge < -0.3 is 15.7 Å². The predicted molar refractivity (Wildman–Crippen MR) is 112 cm³/mol. The van der Waals surface area contributed by atoms with E-state index in [9.17, 15) is 9.90 Å². The van der Waals surface area contributed by atoms with Gasteiger partial charge in [0.2, 0.25) is 0 Å². The van der Waals surface area contributed by atoms with Crippen molar-refractivity contribution in [2.24, 2.45) is 51.3 Å². The molecule has 28 heavy (non-hydrogen) atoms. The molecular weight excluding hydrogens is 376 g/mol. The fourth-order valence-electron chi connectivity index (χ4n) is 7.55. The molecule has 0 amide bonds. The minimum absolute atomic E-state index is 0. The lowest BCUT2D eigenvalue weighted by Gasteiger charge is -2.61. The maximum Gasteiger partial charge on any atom is 0.139 e. The molecule has 0 aromatic carbocycles. The number of Topliss-reactive ketones (excluding diaryl/α,β-unsaturated/α-hetero) is 1. The molecule has 5 nitrogen and oxygen atoms in total. The number of ketones is 1. The molecule has 6 heteroatoms. The lowest BCUT2D eigenvalue weighted by Crippen LogP contribution is -2.56. The van der Waals surface area contributed by atoms with Crippen LogP contribution in [0.2, 0.25) is 0 Å². The molecular formula is C22H37ClN2O3. The van der Waals surface area contributed by atoms with Gasteiger partial charge in [-0.3, -0.25) is 4.79 Å². The summed E-state index contributed by atoms with van der Waals surface area (Å²) in [5, 5.41) is 14.6. The zero-order valence-corrected chi connectivity index (χ0v) is 18.2. The molecule has 4 fully saturated rings. The third-order valence-corrected chi connectivity index (χ3v) is 9.03. The average molecular weight is 413 g/mol. The number of hydrogen-bond donors (Lipinski definition) is 2. The summed E-state index contributed by atoms with van der Waals surface area (Å²) in [6, 6.07) is 0. The minimum Gasteiger partial charge on any atom is -0.396 e. The van der Waals surface area contributed by atoms with Crippen LogP contribution in [0.4, 0.5) is 0 Å². The van der Waals surface area contributed by atoms with Crippen molar-refractivity contribution in [2.45, 2.75) is 65.2 Å². The summed E-state index contributed by atoms with van der Waals surface area (Å²) in [4.78, 5) is 18.0. The van der Waals surface area contributed by atoms with Crippen LogP contribution in [0.15, 0.2) is 5.16 Å². The van der Waals surface area contributed by atoms with Crippen molar-refractivity contribution in [1.82, 2.24) is 0 Å². The van der Waals surface area contributed by atoms with Gasteiger partial charge in [0.05, 0.1) is 5.71 Å². The van der Waals surface area contributed by atoms with Crippen LogP contribution in [0.25, 0.3) is 0 Å². The van der Waals surface area contributed by atoms with Crippen molar-refractivity contribution in [3.63, 3.8) is 0 Å². The summed E-state index contributed by atoms with van der Waals surface area (Å²) in [5.74, 6) is 3.09. The molecule has 0 aliphatic heterocycles. The number of hydrogen-bond acceptors (Lipinski definition) is 5. The monoisotopic (exact) mass is 412 g/mol. The zero-order valence-electron chi connectivity index (χ0n) is 17.4. The Kier molecular flexibility index (Phi) is 6.48. The molecule has 3 N–H and O–H groups in total. The largest absolute Gasteiger partial charge is 0.396 e. The summed E-state index contributed by atoms with van der Waals surface area (Å²) in [6.07, 6.45) is 8.19. The quantitative estimate of drug-likeness (QED) is 0.546. The van der Waals surface area contributed by atoms with Crippen LogP contribution in [-0.4, -0.2) is 36.4 Å². The van der Waals surface area contributed by atoms with E-state index in [0.717, 1.165) is 50.7 Å². The second-order valence-corrected chi connectivity index (χ2v) is 10.1. The molecule has 1 unspecified atom stereocenters. The molecule has 0 aromatic heterocycles. The van der Waals surface area contributed by atoms with Crippen LogP contribution >= 0.6 is 12.4 Å². The Morgan fingerprint density at radius 3 is 2.68 bits per heavy atom. The Bertz CT molecular complexity index is 627. The van der Waals surface area contributed by atoms with Crippen LogP contribution in [-0.2, 0) is 9.63 Å².